The maximum atomic E-state index is 12.0. The van der Waals surface area contributed by atoms with Crippen LogP contribution in [0.3, 0.4) is 0 Å². The molecule has 0 aliphatic heterocycles. The number of rotatable bonds is 10. The summed E-state index contributed by atoms with van der Waals surface area (Å²) < 4.78 is 21.5. The molecule has 3 rings (SSSR count). The molecule has 0 saturated carbocycles. The van der Waals surface area contributed by atoms with E-state index in [1.807, 2.05) is 30.3 Å². The van der Waals surface area contributed by atoms with E-state index in [9.17, 15) is 9.59 Å². The third kappa shape index (κ3) is 7.70. The summed E-state index contributed by atoms with van der Waals surface area (Å²) in [7, 11) is 1.52. The number of ether oxygens (including phenoxy) is 4. The molecule has 0 atom stereocenters. The van der Waals surface area contributed by atoms with E-state index in [2.05, 4.69) is 10.5 Å². The van der Waals surface area contributed by atoms with E-state index in [1.165, 1.54) is 20.2 Å². The van der Waals surface area contributed by atoms with Crippen molar-refractivity contribution in [1.29, 1.82) is 0 Å². The van der Waals surface area contributed by atoms with E-state index in [0.717, 1.165) is 5.56 Å². The lowest BCUT2D eigenvalue weighted by atomic mass is 10.2. The van der Waals surface area contributed by atoms with Crippen LogP contribution in [0.1, 0.15) is 18.1 Å². The van der Waals surface area contributed by atoms with Crippen molar-refractivity contribution >= 4 is 18.1 Å². The first-order valence-electron chi connectivity index (χ1n) is 10.1. The molecule has 0 bridgehead atoms. The predicted molar refractivity (Wildman–Crippen MR) is 123 cm³/mol. The van der Waals surface area contributed by atoms with Gasteiger partial charge in [-0.2, -0.15) is 5.10 Å². The van der Waals surface area contributed by atoms with E-state index in [-0.39, 0.29) is 6.61 Å². The van der Waals surface area contributed by atoms with Crippen LogP contribution < -0.4 is 24.4 Å². The number of hydrogen-bond donors (Lipinski definition) is 1. The Morgan fingerprint density at radius 2 is 1.58 bits per heavy atom. The number of carbonyl (C=O) groups is 2. The Morgan fingerprint density at radius 1 is 0.909 bits per heavy atom. The van der Waals surface area contributed by atoms with Gasteiger partial charge in [0.05, 0.1) is 13.3 Å². The van der Waals surface area contributed by atoms with Crippen molar-refractivity contribution in [2.45, 2.75) is 13.5 Å². The number of benzene rings is 3. The highest BCUT2D eigenvalue weighted by Gasteiger charge is 2.07. The van der Waals surface area contributed by atoms with Crippen molar-refractivity contribution in [1.82, 2.24) is 5.43 Å². The van der Waals surface area contributed by atoms with Crippen molar-refractivity contribution < 1.29 is 28.5 Å². The minimum Gasteiger partial charge on any atom is -0.497 e. The number of hydrogen-bond acceptors (Lipinski definition) is 7. The Morgan fingerprint density at radius 3 is 2.24 bits per heavy atom. The highest BCUT2D eigenvalue weighted by Crippen LogP contribution is 2.23. The van der Waals surface area contributed by atoms with Crippen molar-refractivity contribution in [2.75, 3.05) is 13.7 Å². The van der Waals surface area contributed by atoms with E-state index >= 15 is 0 Å². The second kappa shape index (κ2) is 11.9. The molecular weight excluding hydrogens is 424 g/mol. The van der Waals surface area contributed by atoms with Gasteiger partial charge in [0.1, 0.15) is 29.6 Å². The zero-order valence-corrected chi connectivity index (χ0v) is 18.3. The first-order chi connectivity index (χ1) is 16.0. The van der Waals surface area contributed by atoms with Gasteiger partial charge in [-0.15, -0.1) is 0 Å². The Kier molecular flexibility index (Phi) is 8.41. The molecule has 3 aromatic rings. The lowest BCUT2D eigenvalue weighted by molar-refractivity contribution is -0.132. The summed E-state index contributed by atoms with van der Waals surface area (Å²) >= 11 is 0. The average molecular weight is 448 g/mol. The minimum absolute atomic E-state index is 0.226. The third-order valence-electron chi connectivity index (χ3n) is 4.31. The molecule has 0 unspecified atom stereocenters. The summed E-state index contributed by atoms with van der Waals surface area (Å²) in [5, 5.41) is 3.89. The summed E-state index contributed by atoms with van der Waals surface area (Å²) in [5.74, 6) is 1.15. The van der Waals surface area contributed by atoms with Crippen LogP contribution >= 0.6 is 0 Å². The molecule has 1 amide bonds. The SMILES string of the molecule is COc1ccc(OC(C)=O)c(C=NNC(=O)COc2ccc(OCc3ccccc3)cc2)c1. The molecule has 0 aromatic heterocycles. The molecule has 33 heavy (non-hydrogen) atoms. The van der Waals surface area contributed by atoms with Gasteiger partial charge in [0.2, 0.25) is 0 Å². The monoisotopic (exact) mass is 448 g/mol. The molecule has 0 fully saturated rings. The molecule has 0 aliphatic carbocycles. The van der Waals surface area contributed by atoms with Crippen LogP contribution in [0, 0.1) is 0 Å². The topological polar surface area (TPSA) is 95.5 Å². The van der Waals surface area contributed by atoms with Crippen LogP contribution in [0.4, 0.5) is 0 Å². The molecular formula is C25H24N2O6. The highest BCUT2D eigenvalue weighted by molar-refractivity contribution is 5.87. The van der Waals surface area contributed by atoms with E-state index in [1.54, 1.807) is 42.5 Å². The van der Waals surface area contributed by atoms with E-state index < -0.39 is 11.9 Å². The zero-order chi connectivity index (χ0) is 23.5. The fourth-order valence-corrected chi connectivity index (χ4v) is 2.73. The Labute approximate surface area is 191 Å². The van der Waals surface area contributed by atoms with Crippen LogP contribution in [0.15, 0.2) is 77.9 Å². The van der Waals surface area contributed by atoms with Crippen LogP contribution in [-0.4, -0.2) is 31.8 Å². The molecule has 0 spiro atoms. The standard InChI is InChI=1S/C25H24N2O6/c1-18(28)33-24-13-12-23(30-2)14-20(24)15-26-27-25(29)17-32-22-10-8-21(9-11-22)31-16-19-6-4-3-5-7-19/h3-15H,16-17H2,1-2H3,(H,27,29). The van der Waals surface area contributed by atoms with Gasteiger partial charge < -0.3 is 18.9 Å². The normalized spacial score (nSPS) is 10.5. The van der Waals surface area contributed by atoms with Crippen molar-refractivity contribution in [3.8, 4) is 23.0 Å². The smallest absolute Gasteiger partial charge is 0.308 e. The third-order valence-corrected chi connectivity index (χ3v) is 4.31. The second-order valence-electron chi connectivity index (χ2n) is 6.82. The second-order valence-corrected chi connectivity index (χ2v) is 6.82. The fraction of sp³-hybridized carbons (Fsp3) is 0.160. The van der Waals surface area contributed by atoms with Gasteiger partial charge in [-0.25, -0.2) is 5.43 Å². The number of carbonyl (C=O) groups excluding carboxylic acids is 2. The fourth-order valence-electron chi connectivity index (χ4n) is 2.73. The summed E-state index contributed by atoms with van der Waals surface area (Å²) in [6.45, 7) is 1.54. The first-order valence-corrected chi connectivity index (χ1v) is 10.1. The van der Waals surface area contributed by atoms with Crippen molar-refractivity contribution in [2.24, 2.45) is 5.10 Å². The van der Waals surface area contributed by atoms with Crippen LogP contribution in [-0.2, 0) is 16.2 Å². The van der Waals surface area contributed by atoms with Crippen molar-refractivity contribution in [3.63, 3.8) is 0 Å². The molecule has 8 nitrogen and oxygen atoms in total. The number of esters is 1. The number of nitrogens with zero attached hydrogens (tertiary/aromatic N) is 1. The van der Waals surface area contributed by atoms with Gasteiger partial charge in [-0.05, 0) is 48.0 Å². The Hall–Kier alpha value is -4.33. The van der Waals surface area contributed by atoms with E-state index in [4.69, 9.17) is 18.9 Å². The molecule has 170 valence electrons. The average Bonchev–Trinajstić information content (AvgIpc) is 2.83. The molecule has 8 heteroatoms. The van der Waals surface area contributed by atoms with Crippen LogP contribution in [0.25, 0.3) is 0 Å². The lowest BCUT2D eigenvalue weighted by Gasteiger charge is -2.09. The molecule has 0 radical (unpaired) electrons. The maximum absolute atomic E-state index is 12.0. The summed E-state index contributed by atoms with van der Waals surface area (Å²) in [4.78, 5) is 23.3. The van der Waals surface area contributed by atoms with E-state index in [0.29, 0.717) is 35.2 Å². The van der Waals surface area contributed by atoms with Crippen LogP contribution in [0.2, 0.25) is 0 Å². The van der Waals surface area contributed by atoms with Gasteiger partial charge in [-0.3, -0.25) is 9.59 Å². The minimum atomic E-state index is -0.469. The van der Waals surface area contributed by atoms with Crippen molar-refractivity contribution in [3.05, 3.63) is 83.9 Å². The van der Waals surface area contributed by atoms with Gasteiger partial charge in [0, 0.05) is 12.5 Å². The molecule has 0 saturated heterocycles. The number of nitrogens with one attached hydrogen (secondary N) is 1. The molecule has 3 aromatic carbocycles. The predicted octanol–water partition coefficient (Wildman–Crippen LogP) is 3.73. The van der Waals surface area contributed by atoms with Gasteiger partial charge >= 0.3 is 5.97 Å². The number of methoxy groups -OCH3 is 1. The number of hydrazone groups is 1. The molecule has 0 aliphatic rings. The summed E-state index contributed by atoms with van der Waals surface area (Å²) in [6.07, 6.45) is 1.36. The van der Waals surface area contributed by atoms with Gasteiger partial charge in [-0.1, -0.05) is 30.3 Å². The summed E-state index contributed by atoms with van der Waals surface area (Å²) in [5.41, 5.74) is 3.91. The molecule has 0 heterocycles. The Balaban J connectivity index is 1.47. The number of amides is 1. The first kappa shape index (κ1) is 23.3. The summed E-state index contributed by atoms with van der Waals surface area (Å²) in [6, 6.07) is 21.7. The van der Waals surface area contributed by atoms with Gasteiger partial charge in [0.25, 0.3) is 5.91 Å². The van der Waals surface area contributed by atoms with Crippen LogP contribution in [0.5, 0.6) is 23.0 Å². The largest absolute Gasteiger partial charge is 0.497 e. The zero-order valence-electron chi connectivity index (χ0n) is 18.3. The maximum Gasteiger partial charge on any atom is 0.308 e. The Bertz CT molecular complexity index is 1100. The van der Waals surface area contributed by atoms with Gasteiger partial charge in [0.15, 0.2) is 6.61 Å². The lowest BCUT2D eigenvalue weighted by Crippen LogP contribution is -2.24. The molecule has 1 N–H and O–H groups in total. The quantitative estimate of drug-likeness (QED) is 0.220. The highest BCUT2D eigenvalue weighted by atomic mass is 16.5.